The summed E-state index contributed by atoms with van der Waals surface area (Å²) >= 11 is 1.46. The summed E-state index contributed by atoms with van der Waals surface area (Å²) in [5.41, 5.74) is 0.590. The fraction of sp³-hybridized carbons (Fsp3) is 0.300. The van der Waals surface area contributed by atoms with Crippen molar-refractivity contribution in [2.75, 3.05) is 20.2 Å². The molecule has 0 aliphatic heterocycles. The molecule has 0 spiro atoms. The third-order valence-electron chi connectivity index (χ3n) is 4.38. The minimum absolute atomic E-state index is 0.0108. The molecule has 2 aromatic heterocycles. The Morgan fingerprint density at radius 2 is 2.00 bits per heavy atom. The normalized spacial score (nSPS) is 11.9. The van der Waals surface area contributed by atoms with Crippen LogP contribution in [-0.2, 0) is 9.53 Å². The van der Waals surface area contributed by atoms with Crippen molar-refractivity contribution in [3.05, 3.63) is 53.4 Å². The Morgan fingerprint density at radius 3 is 2.59 bits per heavy atom. The molecule has 0 saturated carbocycles. The summed E-state index contributed by atoms with van der Waals surface area (Å²) in [6.07, 6.45) is 0. The number of ether oxygens (including phenoxy) is 1. The average Bonchev–Trinajstić information content (AvgIpc) is 3.41. The number of aromatic nitrogens is 3. The fourth-order valence-corrected chi connectivity index (χ4v) is 3.53. The second-order valence-corrected chi connectivity index (χ2v) is 7.34. The average molecular weight is 416 g/mol. The number of esters is 1. The molecule has 1 unspecified atom stereocenters. The number of halogens is 1. The van der Waals surface area contributed by atoms with Crippen molar-refractivity contribution in [1.82, 2.24) is 19.7 Å². The van der Waals surface area contributed by atoms with Crippen LogP contribution >= 0.6 is 11.3 Å². The summed E-state index contributed by atoms with van der Waals surface area (Å²) in [5.74, 6) is -1.11. The number of rotatable bonds is 7. The monoisotopic (exact) mass is 416 g/mol. The van der Waals surface area contributed by atoms with Gasteiger partial charge in [-0.2, -0.15) is 0 Å². The number of thiophene rings is 1. The maximum absolute atomic E-state index is 13.3. The molecule has 0 saturated heterocycles. The van der Waals surface area contributed by atoms with Crippen molar-refractivity contribution in [2.45, 2.75) is 13.8 Å². The Kier molecular flexibility index (Phi) is 6.38. The van der Waals surface area contributed by atoms with Gasteiger partial charge >= 0.3 is 5.97 Å². The standard InChI is InChI=1S/C20H21FN4O3S/c1-4-24(12-13(2)20(27)28-3)19(26)17-22-18(16-6-5-11-29-16)25(23-17)15-9-7-14(21)8-10-15/h5-11,13H,4,12H2,1-3H3. The zero-order valence-electron chi connectivity index (χ0n) is 16.3. The zero-order chi connectivity index (χ0) is 21.0. The molecule has 1 amide bonds. The molecule has 2 heterocycles. The molecule has 3 aromatic rings. The summed E-state index contributed by atoms with van der Waals surface area (Å²) in [4.78, 5) is 31.5. The summed E-state index contributed by atoms with van der Waals surface area (Å²) in [6.45, 7) is 4.10. The first-order valence-corrected chi connectivity index (χ1v) is 9.96. The zero-order valence-corrected chi connectivity index (χ0v) is 17.1. The van der Waals surface area contributed by atoms with Crippen LogP contribution in [-0.4, -0.2) is 51.7 Å². The fourth-order valence-electron chi connectivity index (χ4n) is 2.83. The summed E-state index contributed by atoms with van der Waals surface area (Å²) in [6, 6.07) is 9.56. The van der Waals surface area contributed by atoms with E-state index in [1.807, 2.05) is 24.4 Å². The molecule has 0 radical (unpaired) electrons. The lowest BCUT2D eigenvalue weighted by atomic mass is 10.1. The smallest absolute Gasteiger partial charge is 0.310 e. The predicted octanol–water partition coefficient (Wildman–Crippen LogP) is 3.41. The number of benzene rings is 1. The molecule has 0 fully saturated rings. The van der Waals surface area contributed by atoms with Gasteiger partial charge in [-0.15, -0.1) is 16.4 Å². The Balaban J connectivity index is 1.97. The van der Waals surface area contributed by atoms with Crippen molar-refractivity contribution in [1.29, 1.82) is 0 Å². The van der Waals surface area contributed by atoms with Gasteiger partial charge in [0, 0.05) is 13.1 Å². The van der Waals surface area contributed by atoms with Gasteiger partial charge < -0.3 is 9.64 Å². The van der Waals surface area contributed by atoms with E-state index >= 15 is 0 Å². The van der Waals surface area contributed by atoms with Gasteiger partial charge in [0.2, 0.25) is 5.82 Å². The van der Waals surface area contributed by atoms with Gasteiger partial charge in [0.15, 0.2) is 5.82 Å². The summed E-state index contributed by atoms with van der Waals surface area (Å²) in [5, 5.41) is 6.29. The number of nitrogens with zero attached hydrogens (tertiary/aromatic N) is 4. The molecule has 0 aliphatic rings. The van der Waals surface area contributed by atoms with E-state index in [1.54, 1.807) is 19.1 Å². The third-order valence-corrected chi connectivity index (χ3v) is 5.24. The van der Waals surface area contributed by atoms with E-state index in [2.05, 4.69) is 10.1 Å². The SMILES string of the molecule is CCN(CC(C)C(=O)OC)C(=O)c1nc(-c2cccs2)n(-c2ccc(F)cc2)n1. The molecule has 3 rings (SSSR count). The predicted molar refractivity (Wildman–Crippen MR) is 107 cm³/mol. The topological polar surface area (TPSA) is 77.3 Å². The van der Waals surface area contributed by atoms with Crippen molar-refractivity contribution in [3.8, 4) is 16.4 Å². The van der Waals surface area contributed by atoms with Gasteiger partial charge in [0.25, 0.3) is 5.91 Å². The second-order valence-electron chi connectivity index (χ2n) is 6.39. The number of carbonyl (C=O) groups excluding carboxylic acids is 2. The van der Waals surface area contributed by atoms with Gasteiger partial charge in [0.05, 0.1) is 23.6 Å². The van der Waals surface area contributed by atoms with E-state index in [1.165, 1.54) is 40.2 Å². The molecule has 152 valence electrons. The second kappa shape index (κ2) is 8.95. The first kappa shape index (κ1) is 20.7. The van der Waals surface area contributed by atoms with Crippen LogP contribution in [0.25, 0.3) is 16.4 Å². The number of hydrogen-bond donors (Lipinski definition) is 0. The lowest BCUT2D eigenvalue weighted by Crippen LogP contribution is -2.37. The highest BCUT2D eigenvalue weighted by molar-refractivity contribution is 7.13. The maximum Gasteiger partial charge on any atom is 0.310 e. The Morgan fingerprint density at radius 1 is 1.28 bits per heavy atom. The molecule has 9 heteroatoms. The number of hydrogen-bond acceptors (Lipinski definition) is 6. The minimum Gasteiger partial charge on any atom is -0.469 e. The van der Waals surface area contributed by atoms with Crippen LogP contribution in [0, 0.1) is 11.7 Å². The molecule has 7 nitrogen and oxygen atoms in total. The molecular weight excluding hydrogens is 395 g/mol. The minimum atomic E-state index is -0.472. The first-order chi connectivity index (χ1) is 13.9. The summed E-state index contributed by atoms with van der Waals surface area (Å²) < 4.78 is 19.6. The third kappa shape index (κ3) is 4.51. The molecule has 29 heavy (non-hydrogen) atoms. The quantitative estimate of drug-likeness (QED) is 0.552. The van der Waals surface area contributed by atoms with Crippen molar-refractivity contribution >= 4 is 23.2 Å². The van der Waals surface area contributed by atoms with Crippen molar-refractivity contribution in [2.24, 2.45) is 5.92 Å². The van der Waals surface area contributed by atoms with E-state index in [0.717, 1.165) is 4.88 Å². The first-order valence-electron chi connectivity index (χ1n) is 9.08. The molecule has 0 aliphatic carbocycles. The largest absolute Gasteiger partial charge is 0.469 e. The van der Waals surface area contributed by atoms with Crippen LogP contribution in [0.1, 0.15) is 24.5 Å². The highest BCUT2D eigenvalue weighted by Crippen LogP contribution is 2.26. The lowest BCUT2D eigenvalue weighted by molar-refractivity contribution is -0.145. The van der Waals surface area contributed by atoms with E-state index in [9.17, 15) is 14.0 Å². The number of methoxy groups -OCH3 is 1. The van der Waals surface area contributed by atoms with Crippen LogP contribution in [0.4, 0.5) is 4.39 Å². The van der Waals surface area contributed by atoms with Crippen LogP contribution < -0.4 is 0 Å². The molecule has 1 atom stereocenters. The van der Waals surface area contributed by atoms with Gasteiger partial charge in [-0.1, -0.05) is 13.0 Å². The van der Waals surface area contributed by atoms with E-state index in [-0.39, 0.29) is 30.1 Å². The van der Waals surface area contributed by atoms with Gasteiger partial charge in [0.1, 0.15) is 5.82 Å². The lowest BCUT2D eigenvalue weighted by Gasteiger charge is -2.22. The van der Waals surface area contributed by atoms with Crippen molar-refractivity contribution < 1.29 is 18.7 Å². The van der Waals surface area contributed by atoms with Gasteiger partial charge in [-0.3, -0.25) is 9.59 Å². The Bertz CT molecular complexity index is 986. The van der Waals surface area contributed by atoms with Gasteiger partial charge in [-0.25, -0.2) is 14.1 Å². The van der Waals surface area contributed by atoms with E-state index < -0.39 is 5.92 Å². The molecule has 1 aromatic carbocycles. The number of amides is 1. The Labute approximate surface area is 171 Å². The van der Waals surface area contributed by atoms with Crippen LogP contribution in [0.5, 0.6) is 0 Å². The molecular formula is C20H21FN4O3S. The van der Waals surface area contributed by atoms with Gasteiger partial charge in [-0.05, 0) is 42.6 Å². The Hall–Kier alpha value is -3.07. The van der Waals surface area contributed by atoms with Crippen molar-refractivity contribution in [3.63, 3.8) is 0 Å². The van der Waals surface area contributed by atoms with E-state index in [4.69, 9.17) is 4.74 Å². The number of carbonyl (C=O) groups is 2. The van der Waals surface area contributed by atoms with E-state index in [0.29, 0.717) is 18.1 Å². The highest BCUT2D eigenvalue weighted by Gasteiger charge is 2.26. The molecule has 0 N–H and O–H groups in total. The van der Waals surface area contributed by atoms with Crippen LogP contribution in [0.2, 0.25) is 0 Å². The maximum atomic E-state index is 13.3. The molecule has 0 bridgehead atoms. The highest BCUT2D eigenvalue weighted by atomic mass is 32.1. The summed E-state index contributed by atoms with van der Waals surface area (Å²) in [7, 11) is 1.32. The van der Waals surface area contributed by atoms with Crippen LogP contribution in [0.15, 0.2) is 41.8 Å². The van der Waals surface area contributed by atoms with Crippen LogP contribution in [0.3, 0.4) is 0 Å².